The smallest absolute Gasteiger partial charge is 0.253 e. The third-order valence-corrected chi connectivity index (χ3v) is 6.63. The Balaban J connectivity index is 2.31. The Morgan fingerprint density at radius 3 is 2.75 bits per heavy atom. The maximum Gasteiger partial charge on any atom is 0.253 e. The highest BCUT2D eigenvalue weighted by Gasteiger charge is 2.32. The second-order valence-electron chi connectivity index (χ2n) is 3.74. The summed E-state index contributed by atoms with van der Waals surface area (Å²) in [5.41, 5.74) is 5.85. The largest absolute Gasteiger partial charge is 0.315 e. The average Bonchev–Trinajstić information content (AvgIpc) is 2.66. The summed E-state index contributed by atoms with van der Waals surface area (Å²) in [5, 5.41) is 0. The lowest BCUT2D eigenvalue weighted by molar-refractivity contribution is 0.258. The fraction of sp³-hybridized carbons (Fsp3) is 0.556. The maximum atomic E-state index is 12.2. The molecule has 7 heteroatoms. The van der Waals surface area contributed by atoms with Gasteiger partial charge in [-0.1, -0.05) is 0 Å². The molecule has 1 aromatic rings. The normalized spacial score (nSPS) is 23.5. The third kappa shape index (κ3) is 2.33. The van der Waals surface area contributed by atoms with Gasteiger partial charge in [0.25, 0.3) is 10.0 Å². The minimum atomic E-state index is -3.39. The summed E-state index contributed by atoms with van der Waals surface area (Å²) in [7, 11) is -3.39. The summed E-state index contributed by atoms with van der Waals surface area (Å²) in [6.45, 7) is 0.527. The Morgan fingerprint density at radius 2 is 2.19 bits per heavy atom. The lowest BCUT2D eigenvalue weighted by Gasteiger charge is -2.31. The van der Waals surface area contributed by atoms with E-state index in [2.05, 4.69) is 15.9 Å². The lowest BCUT2D eigenvalue weighted by Crippen LogP contribution is -2.48. The van der Waals surface area contributed by atoms with Crippen LogP contribution in [0.3, 0.4) is 0 Å². The average molecular weight is 325 g/mol. The fourth-order valence-electron chi connectivity index (χ4n) is 1.78. The van der Waals surface area contributed by atoms with Gasteiger partial charge in [-0.3, -0.25) is 0 Å². The number of halogens is 1. The van der Waals surface area contributed by atoms with E-state index >= 15 is 0 Å². The molecule has 1 saturated heterocycles. The summed E-state index contributed by atoms with van der Waals surface area (Å²) < 4.78 is 27.1. The van der Waals surface area contributed by atoms with Crippen molar-refractivity contribution in [3.05, 3.63) is 15.9 Å². The molecule has 0 bridgehead atoms. The number of sulfonamides is 1. The number of thiophene rings is 1. The van der Waals surface area contributed by atoms with Crippen LogP contribution in [0.4, 0.5) is 0 Å². The molecule has 1 atom stereocenters. The first-order valence-corrected chi connectivity index (χ1v) is 8.09. The number of nitrogens with zero attached hydrogens (tertiary/aromatic N) is 1. The molecule has 2 rings (SSSR count). The summed E-state index contributed by atoms with van der Waals surface area (Å²) >= 11 is 4.49. The van der Waals surface area contributed by atoms with Crippen LogP contribution in [-0.4, -0.2) is 25.4 Å². The van der Waals surface area contributed by atoms with Crippen LogP contribution in [0.15, 0.2) is 20.1 Å². The van der Waals surface area contributed by atoms with Crippen molar-refractivity contribution in [2.24, 2.45) is 5.73 Å². The van der Waals surface area contributed by atoms with Crippen LogP contribution in [0.25, 0.3) is 0 Å². The van der Waals surface area contributed by atoms with Crippen LogP contribution in [-0.2, 0) is 10.0 Å². The minimum absolute atomic E-state index is 0.358. The Labute approximate surface area is 108 Å². The molecule has 1 aromatic heterocycles. The van der Waals surface area contributed by atoms with Crippen molar-refractivity contribution in [1.82, 2.24) is 4.31 Å². The second-order valence-corrected chi connectivity index (χ2v) is 8.32. The van der Waals surface area contributed by atoms with Crippen LogP contribution >= 0.6 is 27.3 Å². The van der Waals surface area contributed by atoms with Crippen molar-refractivity contribution in [1.29, 1.82) is 0 Å². The number of hydrogen-bond acceptors (Lipinski definition) is 4. The van der Waals surface area contributed by atoms with E-state index in [-0.39, 0.29) is 6.17 Å². The van der Waals surface area contributed by atoms with Crippen LogP contribution in [0.1, 0.15) is 19.3 Å². The molecule has 0 aromatic carbocycles. The zero-order chi connectivity index (χ0) is 11.8. The molecule has 1 fully saturated rings. The predicted molar refractivity (Wildman–Crippen MR) is 67.7 cm³/mol. The van der Waals surface area contributed by atoms with Gasteiger partial charge in [0.1, 0.15) is 4.21 Å². The van der Waals surface area contributed by atoms with Crippen molar-refractivity contribution in [2.45, 2.75) is 29.6 Å². The number of nitrogens with two attached hydrogens (primary N) is 1. The highest BCUT2D eigenvalue weighted by molar-refractivity contribution is 9.11. The van der Waals surface area contributed by atoms with Crippen LogP contribution in [0.2, 0.25) is 0 Å². The fourth-order valence-corrected chi connectivity index (χ4v) is 5.50. The monoisotopic (exact) mass is 324 g/mol. The first-order chi connectivity index (χ1) is 7.51. The van der Waals surface area contributed by atoms with E-state index in [1.165, 1.54) is 15.6 Å². The zero-order valence-corrected chi connectivity index (χ0v) is 11.8. The molecule has 1 aliphatic heterocycles. The van der Waals surface area contributed by atoms with Gasteiger partial charge in [-0.25, -0.2) is 8.42 Å². The van der Waals surface area contributed by atoms with E-state index in [9.17, 15) is 8.42 Å². The summed E-state index contributed by atoms with van der Waals surface area (Å²) in [6, 6.07) is 3.36. The van der Waals surface area contributed by atoms with Crippen molar-refractivity contribution in [3.8, 4) is 0 Å². The van der Waals surface area contributed by atoms with Gasteiger partial charge in [-0.05, 0) is 47.3 Å². The van der Waals surface area contributed by atoms with E-state index in [0.29, 0.717) is 10.8 Å². The van der Waals surface area contributed by atoms with Gasteiger partial charge in [0.2, 0.25) is 0 Å². The van der Waals surface area contributed by atoms with Crippen molar-refractivity contribution < 1.29 is 8.42 Å². The highest BCUT2D eigenvalue weighted by atomic mass is 79.9. The van der Waals surface area contributed by atoms with Crippen LogP contribution in [0, 0.1) is 0 Å². The topological polar surface area (TPSA) is 63.4 Å². The van der Waals surface area contributed by atoms with Gasteiger partial charge in [0.15, 0.2) is 0 Å². The van der Waals surface area contributed by atoms with Crippen molar-refractivity contribution >= 4 is 37.3 Å². The maximum absolute atomic E-state index is 12.2. The summed E-state index contributed by atoms with van der Waals surface area (Å²) in [4.78, 5) is 0. The molecule has 0 aliphatic carbocycles. The molecule has 0 spiro atoms. The molecule has 4 nitrogen and oxygen atoms in total. The standard InChI is InChI=1S/C9H13BrN2O2S2/c10-7-4-5-9(15-7)16(13,14)12-6-2-1-3-8(12)11/h4-5,8H,1-3,6,11H2. The molecular weight excluding hydrogens is 312 g/mol. The molecular formula is C9H13BrN2O2S2. The van der Waals surface area contributed by atoms with Gasteiger partial charge in [-0.15, -0.1) is 11.3 Å². The first kappa shape index (κ1) is 12.5. The van der Waals surface area contributed by atoms with Gasteiger partial charge >= 0.3 is 0 Å². The molecule has 2 N–H and O–H groups in total. The SMILES string of the molecule is NC1CCCCN1S(=O)(=O)c1ccc(Br)s1. The molecule has 1 unspecified atom stereocenters. The molecule has 2 heterocycles. The van der Waals surface area contributed by atoms with Gasteiger partial charge in [0.05, 0.1) is 9.95 Å². The Bertz CT molecular complexity index is 472. The van der Waals surface area contributed by atoms with Gasteiger partial charge in [0, 0.05) is 6.54 Å². The van der Waals surface area contributed by atoms with E-state index < -0.39 is 10.0 Å². The van der Waals surface area contributed by atoms with E-state index in [1.54, 1.807) is 12.1 Å². The molecule has 90 valence electrons. The first-order valence-electron chi connectivity index (χ1n) is 5.04. The Kier molecular flexibility index (Phi) is 3.70. The predicted octanol–water partition coefficient (Wildman–Crippen LogP) is 1.97. The molecule has 0 amide bonds. The van der Waals surface area contributed by atoms with Crippen LogP contribution < -0.4 is 5.73 Å². The number of rotatable bonds is 2. The molecule has 1 aliphatic rings. The van der Waals surface area contributed by atoms with E-state index in [0.717, 1.165) is 23.0 Å². The molecule has 0 saturated carbocycles. The third-order valence-electron chi connectivity index (χ3n) is 2.61. The summed E-state index contributed by atoms with van der Waals surface area (Å²) in [5.74, 6) is 0. The second kappa shape index (κ2) is 4.73. The molecule has 16 heavy (non-hydrogen) atoms. The minimum Gasteiger partial charge on any atom is -0.315 e. The highest BCUT2D eigenvalue weighted by Crippen LogP contribution is 2.30. The van der Waals surface area contributed by atoms with E-state index in [1.807, 2.05) is 0 Å². The quantitative estimate of drug-likeness (QED) is 0.904. The van der Waals surface area contributed by atoms with E-state index in [4.69, 9.17) is 5.73 Å². The van der Waals surface area contributed by atoms with Crippen LogP contribution in [0.5, 0.6) is 0 Å². The van der Waals surface area contributed by atoms with Gasteiger partial charge < -0.3 is 5.73 Å². The zero-order valence-electron chi connectivity index (χ0n) is 8.60. The number of piperidine rings is 1. The number of hydrogen-bond donors (Lipinski definition) is 1. The lowest BCUT2D eigenvalue weighted by atomic mass is 10.1. The summed E-state index contributed by atoms with van der Waals surface area (Å²) in [6.07, 6.45) is 2.26. The molecule has 0 radical (unpaired) electrons. The van der Waals surface area contributed by atoms with Crippen molar-refractivity contribution in [3.63, 3.8) is 0 Å². The van der Waals surface area contributed by atoms with Crippen molar-refractivity contribution in [2.75, 3.05) is 6.54 Å². The Morgan fingerprint density at radius 1 is 1.44 bits per heavy atom. The Hall–Kier alpha value is 0.0500. The van der Waals surface area contributed by atoms with Gasteiger partial charge in [-0.2, -0.15) is 4.31 Å².